The van der Waals surface area contributed by atoms with Gasteiger partial charge in [-0.2, -0.15) is 0 Å². The minimum atomic E-state index is -0.415. The summed E-state index contributed by atoms with van der Waals surface area (Å²) in [5.41, 5.74) is 1.68. The standard InChI is InChI=1S/C14H12Br2N2O3/c1-21-14-9(5-10(15)6-13(14)16)8-17-11-3-2-4-12(7-11)18(19)20/h2-7,17H,8H2,1H3. The molecule has 0 aliphatic heterocycles. The highest BCUT2D eigenvalue weighted by Gasteiger charge is 2.10. The largest absolute Gasteiger partial charge is 0.495 e. The number of nitro groups is 1. The average molecular weight is 416 g/mol. The molecule has 0 amide bonds. The van der Waals surface area contributed by atoms with Crippen molar-refractivity contribution in [3.63, 3.8) is 0 Å². The van der Waals surface area contributed by atoms with Crippen molar-refractivity contribution >= 4 is 43.2 Å². The van der Waals surface area contributed by atoms with Gasteiger partial charge in [0.05, 0.1) is 16.5 Å². The Labute approximate surface area is 138 Å². The molecule has 0 heterocycles. The van der Waals surface area contributed by atoms with E-state index in [0.29, 0.717) is 12.2 Å². The van der Waals surface area contributed by atoms with Crippen LogP contribution in [0.1, 0.15) is 5.56 Å². The predicted octanol–water partition coefficient (Wildman–Crippen LogP) is 4.74. The number of nitrogens with zero attached hydrogens (tertiary/aromatic N) is 1. The predicted molar refractivity (Wildman–Crippen MR) is 88.8 cm³/mol. The lowest BCUT2D eigenvalue weighted by atomic mass is 10.2. The van der Waals surface area contributed by atoms with Crippen molar-refractivity contribution in [3.05, 3.63) is 61.0 Å². The van der Waals surface area contributed by atoms with Gasteiger partial charge in [-0.1, -0.05) is 22.0 Å². The van der Waals surface area contributed by atoms with Crippen molar-refractivity contribution in [3.8, 4) is 5.75 Å². The van der Waals surface area contributed by atoms with E-state index in [1.807, 2.05) is 12.1 Å². The molecule has 0 aliphatic carbocycles. The van der Waals surface area contributed by atoms with Crippen LogP contribution in [-0.2, 0) is 6.54 Å². The summed E-state index contributed by atoms with van der Waals surface area (Å²) < 4.78 is 7.13. The fourth-order valence-corrected chi connectivity index (χ4v) is 3.38. The zero-order valence-electron chi connectivity index (χ0n) is 11.1. The van der Waals surface area contributed by atoms with Crippen molar-refractivity contribution < 1.29 is 9.66 Å². The van der Waals surface area contributed by atoms with Gasteiger partial charge in [0.25, 0.3) is 5.69 Å². The van der Waals surface area contributed by atoms with Gasteiger partial charge in [-0.25, -0.2) is 0 Å². The van der Waals surface area contributed by atoms with Gasteiger partial charge in [-0.3, -0.25) is 10.1 Å². The summed E-state index contributed by atoms with van der Waals surface area (Å²) in [6.45, 7) is 0.488. The number of anilines is 1. The van der Waals surface area contributed by atoms with Gasteiger partial charge in [-0.15, -0.1) is 0 Å². The molecular weight excluding hydrogens is 404 g/mol. The fraction of sp³-hybridized carbons (Fsp3) is 0.143. The van der Waals surface area contributed by atoms with Gasteiger partial charge in [0.2, 0.25) is 0 Å². The highest BCUT2D eigenvalue weighted by atomic mass is 79.9. The molecule has 0 aliphatic rings. The third-order valence-corrected chi connectivity index (χ3v) is 3.88. The first-order valence-corrected chi connectivity index (χ1v) is 7.60. The number of rotatable bonds is 5. The normalized spacial score (nSPS) is 10.2. The Hall–Kier alpha value is -1.60. The zero-order valence-corrected chi connectivity index (χ0v) is 14.3. The molecule has 110 valence electrons. The number of hydrogen-bond acceptors (Lipinski definition) is 4. The van der Waals surface area contributed by atoms with E-state index in [1.54, 1.807) is 19.2 Å². The molecule has 0 fully saturated rings. The SMILES string of the molecule is COc1c(Br)cc(Br)cc1CNc1cccc([N+](=O)[O-])c1. The Morgan fingerprint density at radius 3 is 2.71 bits per heavy atom. The van der Waals surface area contributed by atoms with Crippen LogP contribution < -0.4 is 10.1 Å². The monoisotopic (exact) mass is 414 g/mol. The van der Waals surface area contributed by atoms with Crippen LogP contribution >= 0.6 is 31.9 Å². The van der Waals surface area contributed by atoms with Crippen LogP contribution in [0.5, 0.6) is 5.75 Å². The summed E-state index contributed by atoms with van der Waals surface area (Å²) in [5.74, 6) is 0.733. The summed E-state index contributed by atoms with van der Waals surface area (Å²) in [4.78, 5) is 10.3. The molecule has 5 nitrogen and oxygen atoms in total. The highest BCUT2D eigenvalue weighted by Crippen LogP contribution is 2.33. The van der Waals surface area contributed by atoms with E-state index in [4.69, 9.17) is 4.74 Å². The molecule has 0 saturated heterocycles. The molecule has 0 spiro atoms. The maximum absolute atomic E-state index is 10.8. The molecule has 2 rings (SSSR count). The third-order valence-electron chi connectivity index (χ3n) is 2.83. The molecule has 0 aromatic heterocycles. The maximum Gasteiger partial charge on any atom is 0.271 e. The Morgan fingerprint density at radius 1 is 1.29 bits per heavy atom. The number of benzene rings is 2. The topological polar surface area (TPSA) is 64.4 Å². The second-order valence-electron chi connectivity index (χ2n) is 4.24. The van der Waals surface area contributed by atoms with E-state index in [-0.39, 0.29) is 5.69 Å². The summed E-state index contributed by atoms with van der Waals surface area (Å²) >= 11 is 6.87. The Balaban J connectivity index is 2.20. The minimum Gasteiger partial charge on any atom is -0.495 e. The van der Waals surface area contributed by atoms with Crippen molar-refractivity contribution in [1.82, 2.24) is 0 Å². The maximum atomic E-state index is 10.8. The number of methoxy groups -OCH3 is 1. The average Bonchev–Trinajstić information content (AvgIpc) is 2.45. The molecule has 21 heavy (non-hydrogen) atoms. The fourth-order valence-electron chi connectivity index (χ4n) is 1.90. The molecule has 0 atom stereocenters. The summed E-state index contributed by atoms with van der Waals surface area (Å²) in [6.07, 6.45) is 0. The summed E-state index contributed by atoms with van der Waals surface area (Å²) in [5, 5.41) is 13.9. The first-order chi connectivity index (χ1) is 10.0. The Kier molecular flexibility index (Phi) is 5.19. The van der Waals surface area contributed by atoms with E-state index in [0.717, 1.165) is 20.3 Å². The van der Waals surface area contributed by atoms with Gasteiger partial charge >= 0.3 is 0 Å². The lowest BCUT2D eigenvalue weighted by Gasteiger charge is -2.13. The Bertz CT molecular complexity index is 677. The number of non-ortho nitro benzene ring substituents is 1. The van der Waals surface area contributed by atoms with E-state index in [2.05, 4.69) is 37.2 Å². The van der Waals surface area contributed by atoms with Crippen LogP contribution in [0, 0.1) is 10.1 Å². The molecule has 0 radical (unpaired) electrons. The number of halogens is 2. The number of nitro benzene ring substituents is 1. The highest BCUT2D eigenvalue weighted by molar-refractivity contribution is 9.11. The van der Waals surface area contributed by atoms with Crippen LogP contribution in [-0.4, -0.2) is 12.0 Å². The van der Waals surface area contributed by atoms with Crippen molar-refractivity contribution in [1.29, 1.82) is 0 Å². The first kappa shape index (κ1) is 15.8. The van der Waals surface area contributed by atoms with Gasteiger partial charge in [-0.05, 0) is 34.1 Å². The summed E-state index contributed by atoms with van der Waals surface area (Å²) in [7, 11) is 1.60. The second kappa shape index (κ2) is 6.91. The van der Waals surface area contributed by atoms with Crippen molar-refractivity contribution in [2.24, 2.45) is 0 Å². The molecule has 2 aromatic rings. The van der Waals surface area contributed by atoms with Crippen LogP contribution in [0.4, 0.5) is 11.4 Å². The second-order valence-corrected chi connectivity index (χ2v) is 6.01. The minimum absolute atomic E-state index is 0.0578. The Morgan fingerprint density at radius 2 is 2.05 bits per heavy atom. The third kappa shape index (κ3) is 3.95. The molecule has 0 unspecified atom stereocenters. The molecule has 2 aromatic carbocycles. The van der Waals surface area contributed by atoms with Crippen LogP contribution in [0.2, 0.25) is 0 Å². The molecule has 0 saturated carbocycles. The molecular formula is C14H12Br2N2O3. The van der Waals surface area contributed by atoms with E-state index < -0.39 is 4.92 Å². The quantitative estimate of drug-likeness (QED) is 0.565. The number of ether oxygens (including phenoxy) is 1. The van der Waals surface area contributed by atoms with Gasteiger partial charge in [0.15, 0.2) is 0 Å². The van der Waals surface area contributed by atoms with Crippen molar-refractivity contribution in [2.75, 3.05) is 12.4 Å². The van der Waals surface area contributed by atoms with E-state index in [1.165, 1.54) is 12.1 Å². The smallest absolute Gasteiger partial charge is 0.271 e. The lowest BCUT2D eigenvalue weighted by Crippen LogP contribution is -2.03. The molecule has 7 heteroatoms. The molecule has 0 bridgehead atoms. The van der Waals surface area contributed by atoms with Crippen LogP contribution in [0.3, 0.4) is 0 Å². The van der Waals surface area contributed by atoms with Gasteiger partial charge in [0, 0.05) is 34.4 Å². The van der Waals surface area contributed by atoms with Crippen LogP contribution in [0.15, 0.2) is 45.3 Å². The number of nitrogens with one attached hydrogen (secondary N) is 1. The zero-order chi connectivity index (χ0) is 15.4. The van der Waals surface area contributed by atoms with E-state index >= 15 is 0 Å². The lowest BCUT2D eigenvalue weighted by molar-refractivity contribution is -0.384. The van der Waals surface area contributed by atoms with E-state index in [9.17, 15) is 10.1 Å². The number of hydrogen-bond donors (Lipinski definition) is 1. The summed E-state index contributed by atoms with van der Waals surface area (Å²) in [6, 6.07) is 10.2. The van der Waals surface area contributed by atoms with Gasteiger partial charge in [0.1, 0.15) is 5.75 Å². The van der Waals surface area contributed by atoms with Crippen molar-refractivity contribution in [2.45, 2.75) is 6.54 Å². The molecule has 1 N–H and O–H groups in total. The van der Waals surface area contributed by atoms with Gasteiger partial charge < -0.3 is 10.1 Å². The van der Waals surface area contributed by atoms with Crippen LogP contribution in [0.25, 0.3) is 0 Å². The first-order valence-electron chi connectivity index (χ1n) is 6.01.